The third-order valence-electron chi connectivity index (χ3n) is 3.51. The highest BCUT2D eigenvalue weighted by Crippen LogP contribution is 2.22. The second kappa shape index (κ2) is 6.27. The Bertz CT molecular complexity index is 711. The molecule has 22 heavy (non-hydrogen) atoms. The molecule has 2 aromatic rings. The summed E-state index contributed by atoms with van der Waals surface area (Å²) in [5.41, 5.74) is 2.25. The van der Waals surface area contributed by atoms with E-state index in [9.17, 15) is 9.59 Å². The Hall–Kier alpha value is -2.21. The van der Waals surface area contributed by atoms with Crippen LogP contribution in [0.1, 0.15) is 28.2 Å². The van der Waals surface area contributed by atoms with Crippen LogP contribution < -0.4 is 5.32 Å². The minimum atomic E-state index is -0.380. The lowest BCUT2D eigenvalue weighted by Gasteiger charge is -2.11. The van der Waals surface area contributed by atoms with Gasteiger partial charge in [-0.25, -0.2) is 9.78 Å². The Morgan fingerprint density at radius 2 is 2.36 bits per heavy atom. The second-order valence-corrected chi connectivity index (χ2v) is 6.30. The molecule has 1 atom stereocenters. The van der Waals surface area contributed by atoms with E-state index in [2.05, 4.69) is 10.3 Å². The maximum absolute atomic E-state index is 12.1. The number of carbonyl (C=O) groups excluding carboxylic acids is 2. The van der Waals surface area contributed by atoms with Gasteiger partial charge in [0.1, 0.15) is 6.61 Å². The highest BCUT2D eigenvalue weighted by atomic mass is 32.1. The Balaban J connectivity index is 1.66. The van der Waals surface area contributed by atoms with Gasteiger partial charge in [0.05, 0.1) is 22.3 Å². The molecule has 114 valence electrons. The number of hydrogen-bond donors (Lipinski definition) is 1. The van der Waals surface area contributed by atoms with Gasteiger partial charge in [-0.3, -0.25) is 4.79 Å². The summed E-state index contributed by atoms with van der Waals surface area (Å²) in [7, 11) is 0. The van der Waals surface area contributed by atoms with Crippen molar-refractivity contribution in [1.29, 1.82) is 0 Å². The van der Waals surface area contributed by atoms with Crippen LogP contribution in [0.5, 0.6) is 0 Å². The fourth-order valence-corrected chi connectivity index (χ4v) is 2.99. The zero-order valence-corrected chi connectivity index (χ0v) is 13.0. The molecule has 5 nitrogen and oxygen atoms in total. The number of hydrogen-bond acceptors (Lipinski definition) is 5. The molecule has 0 radical (unpaired) electrons. The summed E-state index contributed by atoms with van der Waals surface area (Å²) in [5.74, 6) is -0.364. The highest BCUT2D eigenvalue weighted by Gasteiger charge is 2.22. The average molecular weight is 316 g/mol. The number of nitrogens with one attached hydrogen (secondary N) is 1. The van der Waals surface area contributed by atoms with Crippen molar-refractivity contribution in [2.75, 3.05) is 6.61 Å². The summed E-state index contributed by atoms with van der Waals surface area (Å²) < 4.78 is 5.28. The first-order chi connectivity index (χ1) is 10.6. The lowest BCUT2D eigenvalue weighted by Crippen LogP contribution is -2.30. The SMILES string of the molecule is Cc1nc(-c2cccc(C(=O)OC[C@H]3CCC(=O)N3)c2)cs1. The van der Waals surface area contributed by atoms with Crippen LogP contribution >= 0.6 is 11.3 Å². The van der Waals surface area contributed by atoms with E-state index in [0.717, 1.165) is 16.3 Å². The molecule has 1 saturated heterocycles. The molecule has 0 spiro atoms. The van der Waals surface area contributed by atoms with Gasteiger partial charge in [0.25, 0.3) is 0 Å². The quantitative estimate of drug-likeness (QED) is 0.880. The number of aromatic nitrogens is 1. The zero-order chi connectivity index (χ0) is 15.5. The van der Waals surface area contributed by atoms with Gasteiger partial charge in [-0.15, -0.1) is 11.3 Å². The molecule has 1 aliphatic heterocycles. The first kappa shape index (κ1) is 14.7. The predicted molar refractivity (Wildman–Crippen MR) is 83.7 cm³/mol. The summed E-state index contributed by atoms with van der Waals surface area (Å²) in [4.78, 5) is 27.7. The van der Waals surface area contributed by atoms with Crippen LogP contribution in [-0.4, -0.2) is 29.5 Å². The Labute approximate surface area is 132 Å². The molecular formula is C16H16N2O3S. The number of carbonyl (C=O) groups is 2. The van der Waals surface area contributed by atoms with E-state index in [1.807, 2.05) is 24.4 Å². The van der Waals surface area contributed by atoms with Crippen molar-refractivity contribution in [1.82, 2.24) is 10.3 Å². The van der Waals surface area contributed by atoms with Gasteiger partial charge >= 0.3 is 5.97 Å². The molecule has 6 heteroatoms. The van der Waals surface area contributed by atoms with Crippen LogP contribution in [0.3, 0.4) is 0 Å². The lowest BCUT2D eigenvalue weighted by atomic mass is 10.1. The fourth-order valence-electron chi connectivity index (χ4n) is 2.36. The summed E-state index contributed by atoms with van der Waals surface area (Å²) in [6, 6.07) is 7.17. The standard InChI is InChI=1S/C16H16N2O3S/c1-10-17-14(9-22-10)11-3-2-4-12(7-11)16(20)21-8-13-5-6-15(19)18-13/h2-4,7,9,13H,5-6,8H2,1H3,(H,18,19)/t13-/m1/s1. The zero-order valence-electron chi connectivity index (χ0n) is 12.2. The molecule has 1 aliphatic rings. The first-order valence-corrected chi connectivity index (χ1v) is 7.99. The minimum absolute atomic E-state index is 0.0157. The van der Waals surface area contributed by atoms with Crippen molar-refractivity contribution >= 4 is 23.2 Å². The van der Waals surface area contributed by atoms with Crippen LogP contribution in [0.25, 0.3) is 11.3 Å². The molecule has 0 unspecified atom stereocenters. The Kier molecular flexibility index (Phi) is 4.20. The molecule has 1 aromatic carbocycles. The van der Waals surface area contributed by atoms with E-state index in [1.54, 1.807) is 23.5 Å². The van der Waals surface area contributed by atoms with Crippen LogP contribution in [0.4, 0.5) is 0 Å². The number of rotatable bonds is 4. The van der Waals surface area contributed by atoms with Gasteiger partial charge < -0.3 is 10.1 Å². The van der Waals surface area contributed by atoms with Crippen LogP contribution in [-0.2, 0) is 9.53 Å². The summed E-state index contributed by atoms with van der Waals surface area (Å²) in [6.45, 7) is 2.16. The van der Waals surface area contributed by atoms with Gasteiger partial charge in [0.15, 0.2) is 0 Å². The smallest absolute Gasteiger partial charge is 0.338 e. The number of nitrogens with zero attached hydrogens (tertiary/aromatic N) is 1. The summed E-state index contributed by atoms with van der Waals surface area (Å²) in [5, 5.41) is 5.73. The fraction of sp³-hybridized carbons (Fsp3) is 0.312. The van der Waals surface area contributed by atoms with Crippen LogP contribution in [0.15, 0.2) is 29.6 Å². The number of esters is 1. The van der Waals surface area contributed by atoms with E-state index < -0.39 is 0 Å². The van der Waals surface area contributed by atoms with Gasteiger partial charge in [-0.2, -0.15) is 0 Å². The second-order valence-electron chi connectivity index (χ2n) is 5.23. The van der Waals surface area contributed by atoms with Crippen LogP contribution in [0, 0.1) is 6.92 Å². The van der Waals surface area contributed by atoms with Crippen molar-refractivity contribution in [3.05, 3.63) is 40.2 Å². The van der Waals surface area contributed by atoms with Crippen LogP contribution in [0.2, 0.25) is 0 Å². The Morgan fingerprint density at radius 3 is 3.05 bits per heavy atom. The minimum Gasteiger partial charge on any atom is -0.460 e. The molecule has 1 N–H and O–H groups in total. The van der Waals surface area contributed by atoms with E-state index >= 15 is 0 Å². The van der Waals surface area contributed by atoms with Crippen molar-refractivity contribution in [3.63, 3.8) is 0 Å². The number of amides is 1. The number of thiazole rings is 1. The largest absolute Gasteiger partial charge is 0.460 e. The van der Waals surface area contributed by atoms with Gasteiger partial charge in [-0.1, -0.05) is 12.1 Å². The molecule has 0 aliphatic carbocycles. The number of benzene rings is 1. The topological polar surface area (TPSA) is 68.3 Å². The molecular weight excluding hydrogens is 300 g/mol. The van der Waals surface area contributed by atoms with E-state index in [-0.39, 0.29) is 24.5 Å². The Morgan fingerprint density at radius 1 is 1.50 bits per heavy atom. The molecule has 3 rings (SSSR count). The van der Waals surface area contributed by atoms with Crippen molar-refractivity contribution in [2.45, 2.75) is 25.8 Å². The molecule has 1 amide bonds. The third-order valence-corrected chi connectivity index (χ3v) is 4.29. The van der Waals surface area contributed by atoms with Crippen molar-refractivity contribution < 1.29 is 14.3 Å². The first-order valence-electron chi connectivity index (χ1n) is 7.11. The molecule has 1 aromatic heterocycles. The van der Waals surface area contributed by atoms with Gasteiger partial charge in [-0.05, 0) is 25.5 Å². The maximum atomic E-state index is 12.1. The van der Waals surface area contributed by atoms with Gasteiger partial charge in [0.2, 0.25) is 5.91 Å². The molecule has 0 bridgehead atoms. The summed E-state index contributed by atoms with van der Waals surface area (Å²) >= 11 is 1.57. The third kappa shape index (κ3) is 3.33. The molecule has 1 fully saturated rings. The normalized spacial score (nSPS) is 17.3. The van der Waals surface area contributed by atoms with Crippen molar-refractivity contribution in [3.8, 4) is 11.3 Å². The highest BCUT2D eigenvalue weighted by molar-refractivity contribution is 7.09. The maximum Gasteiger partial charge on any atom is 0.338 e. The number of aryl methyl sites for hydroxylation is 1. The van der Waals surface area contributed by atoms with E-state index in [1.165, 1.54) is 0 Å². The molecule has 0 saturated carbocycles. The number of ether oxygens (including phenoxy) is 1. The summed E-state index contributed by atoms with van der Waals surface area (Å²) in [6.07, 6.45) is 1.21. The monoisotopic (exact) mass is 316 g/mol. The average Bonchev–Trinajstić information content (AvgIpc) is 3.13. The van der Waals surface area contributed by atoms with Crippen molar-refractivity contribution in [2.24, 2.45) is 0 Å². The van der Waals surface area contributed by atoms with E-state index in [0.29, 0.717) is 18.4 Å². The molecule has 2 heterocycles. The predicted octanol–water partition coefficient (Wildman–Crippen LogP) is 2.55. The van der Waals surface area contributed by atoms with E-state index in [4.69, 9.17) is 4.74 Å². The lowest BCUT2D eigenvalue weighted by molar-refractivity contribution is -0.119. The van der Waals surface area contributed by atoms with Gasteiger partial charge in [0, 0.05) is 17.4 Å².